The van der Waals surface area contributed by atoms with Crippen LogP contribution in [0.3, 0.4) is 0 Å². The van der Waals surface area contributed by atoms with Gasteiger partial charge >= 0.3 is 0 Å². The summed E-state index contributed by atoms with van der Waals surface area (Å²) in [5, 5.41) is 8.97. The summed E-state index contributed by atoms with van der Waals surface area (Å²) in [5.74, 6) is 1.15. The van der Waals surface area contributed by atoms with Crippen LogP contribution in [0.2, 0.25) is 0 Å². The van der Waals surface area contributed by atoms with Crippen molar-refractivity contribution >= 4 is 21.7 Å². The molecule has 27 heavy (non-hydrogen) atoms. The average molecular weight is 399 g/mol. The third-order valence-corrected chi connectivity index (χ3v) is 4.66. The van der Waals surface area contributed by atoms with E-state index in [1.807, 2.05) is 38.1 Å². The molecule has 1 aromatic carbocycles. The molecule has 1 atom stereocenters. The standard InChI is InChI=1S/C18H30N4O4S/c1-5-19-18(22-14(2)10-11-27(4,24)25)21-13-17(23)20-12-15-6-8-16(26-3)9-7-15/h6-9,14H,5,10-13H2,1-4H3,(H,20,23)(H2,19,21,22). The van der Waals surface area contributed by atoms with Crippen molar-refractivity contribution in [1.29, 1.82) is 0 Å². The van der Waals surface area contributed by atoms with Crippen LogP contribution < -0.4 is 20.7 Å². The average Bonchev–Trinajstić information content (AvgIpc) is 2.63. The number of benzene rings is 1. The molecule has 9 heteroatoms. The van der Waals surface area contributed by atoms with Gasteiger partial charge < -0.3 is 20.7 Å². The lowest BCUT2D eigenvalue weighted by Gasteiger charge is -2.17. The Morgan fingerprint density at radius 2 is 1.89 bits per heavy atom. The molecular formula is C18H30N4O4S. The number of hydrogen-bond donors (Lipinski definition) is 3. The second-order valence-electron chi connectivity index (χ2n) is 6.28. The molecule has 1 aromatic rings. The van der Waals surface area contributed by atoms with Crippen molar-refractivity contribution in [2.24, 2.45) is 4.99 Å². The third kappa shape index (κ3) is 10.4. The Morgan fingerprint density at radius 3 is 2.44 bits per heavy atom. The van der Waals surface area contributed by atoms with Crippen LogP contribution in [0.25, 0.3) is 0 Å². The molecule has 0 saturated carbocycles. The van der Waals surface area contributed by atoms with E-state index in [1.54, 1.807) is 7.11 Å². The van der Waals surface area contributed by atoms with E-state index in [4.69, 9.17) is 4.74 Å². The summed E-state index contributed by atoms with van der Waals surface area (Å²) >= 11 is 0. The number of nitrogens with one attached hydrogen (secondary N) is 3. The summed E-state index contributed by atoms with van der Waals surface area (Å²) < 4.78 is 27.6. The molecule has 0 fully saturated rings. The summed E-state index contributed by atoms with van der Waals surface area (Å²) in [7, 11) is -1.40. The maximum atomic E-state index is 12.0. The number of hydrogen-bond acceptors (Lipinski definition) is 5. The lowest BCUT2D eigenvalue weighted by Crippen LogP contribution is -2.43. The third-order valence-electron chi connectivity index (χ3n) is 3.68. The molecule has 3 N–H and O–H groups in total. The lowest BCUT2D eigenvalue weighted by atomic mass is 10.2. The smallest absolute Gasteiger partial charge is 0.242 e. The summed E-state index contributed by atoms with van der Waals surface area (Å²) in [6, 6.07) is 7.37. The Labute approximate surface area is 161 Å². The van der Waals surface area contributed by atoms with Gasteiger partial charge in [-0.1, -0.05) is 12.1 Å². The summed E-state index contributed by atoms with van der Waals surface area (Å²) in [6.07, 6.45) is 1.68. The molecule has 152 valence electrons. The highest BCUT2D eigenvalue weighted by atomic mass is 32.2. The van der Waals surface area contributed by atoms with Crippen molar-refractivity contribution in [3.8, 4) is 5.75 Å². The Balaban J connectivity index is 2.48. The molecular weight excluding hydrogens is 368 g/mol. The van der Waals surface area contributed by atoms with Crippen molar-refractivity contribution in [1.82, 2.24) is 16.0 Å². The van der Waals surface area contributed by atoms with Crippen molar-refractivity contribution < 1.29 is 17.9 Å². The van der Waals surface area contributed by atoms with E-state index in [0.29, 0.717) is 25.5 Å². The second kappa shape index (κ2) is 11.4. The normalized spacial score (nSPS) is 13.0. The molecule has 0 aliphatic carbocycles. The van der Waals surface area contributed by atoms with Gasteiger partial charge in [0.05, 0.1) is 12.9 Å². The molecule has 0 radical (unpaired) electrons. The number of guanidine groups is 1. The summed E-state index contributed by atoms with van der Waals surface area (Å²) in [5.41, 5.74) is 0.965. The summed E-state index contributed by atoms with van der Waals surface area (Å²) in [6.45, 7) is 4.82. The van der Waals surface area contributed by atoms with Crippen molar-refractivity contribution in [3.63, 3.8) is 0 Å². The van der Waals surface area contributed by atoms with Crippen molar-refractivity contribution in [2.45, 2.75) is 32.9 Å². The quantitative estimate of drug-likeness (QED) is 0.395. The zero-order valence-corrected chi connectivity index (χ0v) is 17.2. The first-order valence-electron chi connectivity index (χ1n) is 8.85. The Bertz CT molecular complexity index is 717. The van der Waals surface area contributed by atoms with Gasteiger partial charge in [0, 0.05) is 25.4 Å². The van der Waals surface area contributed by atoms with Crippen LogP contribution in [-0.2, 0) is 21.2 Å². The van der Waals surface area contributed by atoms with E-state index in [-0.39, 0.29) is 24.2 Å². The second-order valence-corrected chi connectivity index (χ2v) is 8.54. The van der Waals surface area contributed by atoms with E-state index in [1.165, 1.54) is 6.26 Å². The fourth-order valence-electron chi connectivity index (χ4n) is 2.17. The first-order valence-corrected chi connectivity index (χ1v) is 10.9. The number of nitrogens with zero attached hydrogens (tertiary/aromatic N) is 1. The highest BCUT2D eigenvalue weighted by Crippen LogP contribution is 2.10. The number of aliphatic imine (C=N–C) groups is 1. The van der Waals surface area contributed by atoms with Gasteiger partial charge in [-0.2, -0.15) is 0 Å². The number of carbonyl (C=O) groups excluding carboxylic acids is 1. The highest BCUT2D eigenvalue weighted by molar-refractivity contribution is 7.90. The van der Waals surface area contributed by atoms with Crippen LogP contribution in [-0.4, -0.2) is 58.5 Å². The zero-order chi connectivity index (χ0) is 20.3. The fourth-order valence-corrected chi connectivity index (χ4v) is 2.95. The molecule has 0 saturated heterocycles. The molecule has 0 aliphatic rings. The van der Waals surface area contributed by atoms with Gasteiger partial charge in [-0.25, -0.2) is 13.4 Å². The summed E-state index contributed by atoms with van der Waals surface area (Å²) in [4.78, 5) is 16.3. The van der Waals surface area contributed by atoms with Gasteiger partial charge in [0.2, 0.25) is 5.91 Å². The SMILES string of the molecule is CCNC(=NCC(=O)NCc1ccc(OC)cc1)NC(C)CCS(C)(=O)=O. The van der Waals surface area contributed by atoms with Gasteiger partial charge in [0.1, 0.15) is 22.1 Å². The lowest BCUT2D eigenvalue weighted by molar-refractivity contribution is -0.119. The number of methoxy groups -OCH3 is 1. The number of rotatable bonds is 10. The molecule has 1 amide bonds. The Hall–Kier alpha value is -2.29. The molecule has 0 aromatic heterocycles. The van der Waals surface area contributed by atoms with Crippen LogP contribution in [0.1, 0.15) is 25.8 Å². The predicted molar refractivity (Wildman–Crippen MR) is 108 cm³/mol. The predicted octanol–water partition coefficient (Wildman–Crippen LogP) is 0.690. The Kier molecular flexibility index (Phi) is 9.63. The molecule has 0 bridgehead atoms. The monoisotopic (exact) mass is 398 g/mol. The van der Waals surface area contributed by atoms with Gasteiger partial charge in [-0.15, -0.1) is 0 Å². The molecule has 1 unspecified atom stereocenters. The van der Waals surface area contributed by atoms with Crippen molar-refractivity contribution in [2.75, 3.05) is 32.2 Å². The van der Waals surface area contributed by atoms with Gasteiger partial charge in [-0.05, 0) is 38.0 Å². The van der Waals surface area contributed by atoms with Crippen LogP contribution in [0, 0.1) is 0 Å². The Morgan fingerprint density at radius 1 is 1.22 bits per heavy atom. The topological polar surface area (TPSA) is 109 Å². The van der Waals surface area contributed by atoms with E-state index in [9.17, 15) is 13.2 Å². The molecule has 0 spiro atoms. The number of sulfone groups is 1. The van der Waals surface area contributed by atoms with Crippen LogP contribution >= 0.6 is 0 Å². The number of carbonyl (C=O) groups is 1. The first-order chi connectivity index (χ1) is 12.7. The zero-order valence-electron chi connectivity index (χ0n) is 16.4. The number of amides is 1. The minimum atomic E-state index is -3.00. The van der Waals surface area contributed by atoms with E-state index in [0.717, 1.165) is 11.3 Å². The minimum absolute atomic E-state index is 0.0235. The van der Waals surface area contributed by atoms with Crippen molar-refractivity contribution in [3.05, 3.63) is 29.8 Å². The van der Waals surface area contributed by atoms with Crippen LogP contribution in [0.15, 0.2) is 29.3 Å². The van der Waals surface area contributed by atoms with Gasteiger partial charge in [-0.3, -0.25) is 4.79 Å². The molecule has 1 rings (SSSR count). The van der Waals surface area contributed by atoms with E-state index in [2.05, 4.69) is 20.9 Å². The minimum Gasteiger partial charge on any atom is -0.497 e. The maximum Gasteiger partial charge on any atom is 0.242 e. The fraction of sp³-hybridized carbons (Fsp3) is 0.556. The number of ether oxygens (including phenoxy) is 1. The van der Waals surface area contributed by atoms with Gasteiger partial charge in [0.25, 0.3) is 0 Å². The molecule has 0 aliphatic heterocycles. The molecule has 8 nitrogen and oxygen atoms in total. The van der Waals surface area contributed by atoms with E-state index < -0.39 is 9.84 Å². The van der Waals surface area contributed by atoms with Crippen LogP contribution in [0.4, 0.5) is 0 Å². The maximum absolute atomic E-state index is 12.0. The van der Waals surface area contributed by atoms with Gasteiger partial charge in [0.15, 0.2) is 5.96 Å². The highest BCUT2D eigenvalue weighted by Gasteiger charge is 2.10. The largest absolute Gasteiger partial charge is 0.497 e. The van der Waals surface area contributed by atoms with E-state index >= 15 is 0 Å². The van der Waals surface area contributed by atoms with Crippen LogP contribution in [0.5, 0.6) is 5.75 Å². The molecule has 0 heterocycles. The first kappa shape index (κ1) is 22.8.